The van der Waals surface area contributed by atoms with Crippen LogP contribution in [-0.2, 0) is 0 Å². The van der Waals surface area contributed by atoms with Crippen molar-refractivity contribution in [2.24, 2.45) is 0 Å². The van der Waals surface area contributed by atoms with Gasteiger partial charge in [0, 0.05) is 10.8 Å². The van der Waals surface area contributed by atoms with Crippen LogP contribution in [0.1, 0.15) is 11.3 Å². The lowest BCUT2D eigenvalue weighted by molar-refractivity contribution is 0.879. The molecule has 4 aromatic rings. The Morgan fingerprint density at radius 1 is 1.05 bits per heavy atom. The lowest BCUT2D eigenvalue weighted by atomic mass is 10.1. The number of fused-ring (bicyclic) bond motifs is 2. The molecule has 0 amide bonds. The molecule has 0 saturated carbocycles. The van der Waals surface area contributed by atoms with Gasteiger partial charge in [0.15, 0.2) is 5.65 Å². The first-order valence-corrected chi connectivity index (χ1v) is 7.02. The van der Waals surface area contributed by atoms with Crippen molar-refractivity contribution in [3.8, 4) is 11.8 Å². The molecule has 0 atom stereocenters. The van der Waals surface area contributed by atoms with Gasteiger partial charge in [-0.2, -0.15) is 10.4 Å². The number of benzene rings is 2. The summed E-state index contributed by atoms with van der Waals surface area (Å²) in [5, 5.41) is 15.6. The van der Waals surface area contributed by atoms with Gasteiger partial charge in [-0.3, -0.25) is 0 Å². The van der Waals surface area contributed by atoms with Crippen LogP contribution in [0.3, 0.4) is 0 Å². The highest BCUT2D eigenvalue weighted by Gasteiger charge is 2.11. The van der Waals surface area contributed by atoms with Gasteiger partial charge in [-0.05, 0) is 43.3 Å². The van der Waals surface area contributed by atoms with E-state index >= 15 is 0 Å². The number of hydrogen-bond acceptors (Lipinski definition) is 3. The first kappa shape index (κ1) is 12.5. The van der Waals surface area contributed by atoms with E-state index in [0.717, 1.165) is 33.3 Å². The monoisotopic (exact) mass is 284 g/mol. The van der Waals surface area contributed by atoms with Crippen molar-refractivity contribution in [1.29, 1.82) is 5.26 Å². The highest BCUT2D eigenvalue weighted by Crippen LogP contribution is 2.25. The molecular weight excluding hydrogens is 272 g/mol. The third kappa shape index (κ3) is 1.84. The molecule has 0 fully saturated rings. The SMILES string of the molecule is Cc1nn(-c2ccccc2)c2nc3ccc(C#N)cc3cc12. The summed E-state index contributed by atoms with van der Waals surface area (Å²) in [6, 6.07) is 19.7. The standard InChI is InChI=1S/C18H12N4/c1-12-16-10-14-9-13(11-19)7-8-17(14)20-18(16)22(21-12)15-5-3-2-4-6-15/h2-10H,1H3. The fourth-order valence-electron chi connectivity index (χ4n) is 2.66. The van der Waals surface area contributed by atoms with E-state index in [1.165, 1.54) is 0 Å². The molecule has 22 heavy (non-hydrogen) atoms. The molecule has 2 aromatic heterocycles. The zero-order valence-electron chi connectivity index (χ0n) is 12.0. The number of nitriles is 1. The number of hydrogen-bond donors (Lipinski definition) is 0. The predicted molar refractivity (Wildman–Crippen MR) is 85.8 cm³/mol. The van der Waals surface area contributed by atoms with Crippen molar-refractivity contribution in [3.63, 3.8) is 0 Å². The Morgan fingerprint density at radius 2 is 1.86 bits per heavy atom. The van der Waals surface area contributed by atoms with E-state index in [9.17, 15) is 0 Å². The van der Waals surface area contributed by atoms with Crippen molar-refractivity contribution >= 4 is 21.9 Å². The molecule has 0 saturated heterocycles. The molecule has 0 aliphatic rings. The Balaban J connectivity index is 2.06. The van der Waals surface area contributed by atoms with Gasteiger partial charge in [-0.25, -0.2) is 9.67 Å². The van der Waals surface area contributed by atoms with Gasteiger partial charge < -0.3 is 0 Å². The van der Waals surface area contributed by atoms with E-state index in [1.807, 2.05) is 54.1 Å². The summed E-state index contributed by atoms with van der Waals surface area (Å²) >= 11 is 0. The Morgan fingerprint density at radius 3 is 2.64 bits per heavy atom. The summed E-state index contributed by atoms with van der Waals surface area (Å²) in [4.78, 5) is 4.74. The Kier molecular flexibility index (Phi) is 2.67. The van der Waals surface area contributed by atoms with Gasteiger partial charge in [0.25, 0.3) is 0 Å². The van der Waals surface area contributed by atoms with Crippen LogP contribution in [0.15, 0.2) is 54.6 Å². The average molecular weight is 284 g/mol. The van der Waals surface area contributed by atoms with E-state index in [1.54, 1.807) is 6.07 Å². The van der Waals surface area contributed by atoms with Gasteiger partial charge in [-0.15, -0.1) is 0 Å². The smallest absolute Gasteiger partial charge is 0.163 e. The Labute approximate surface area is 127 Å². The highest BCUT2D eigenvalue weighted by atomic mass is 15.3. The van der Waals surface area contributed by atoms with Crippen LogP contribution in [0.25, 0.3) is 27.6 Å². The summed E-state index contributed by atoms with van der Waals surface area (Å²) in [7, 11) is 0. The van der Waals surface area contributed by atoms with Crippen molar-refractivity contribution in [1.82, 2.24) is 14.8 Å². The van der Waals surface area contributed by atoms with Gasteiger partial charge >= 0.3 is 0 Å². The molecule has 0 radical (unpaired) electrons. The van der Waals surface area contributed by atoms with Crippen molar-refractivity contribution < 1.29 is 0 Å². The van der Waals surface area contributed by atoms with Crippen LogP contribution < -0.4 is 0 Å². The molecule has 0 aliphatic carbocycles. The average Bonchev–Trinajstić information content (AvgIpc) is 2.89. The minimum absolute atomic E-state index is 0.641. The number of nitrogens with zero attached hydrogens (tertiary/aromatic N) is 4. The molecule has 104 valence electrons. The number of aromatic nitrogens is 3. The Bertz CT molecular complexity index is 1040. The quantitative estimate of drug-likeness (QED) is 0.535. The predicted octanol–water partition coefficient (Wildman–Crippen LogP) is 3.75. The molecule has 2 heterocycles. The van der Waals surface area contributed by atoms with Crippen LogP contribution in [0.2, 0.25) is 0 Å². The molecule has 4 rings (SSSR count). The summed E-state index contributed by atoms with van der Waals surface area (Å²) in [5.74, 6) is 0. The fraction of sp³-hybridized carbons (Fsp3) is 0.0556. The minimum atomic E-state index is 0.641. The van der Waals surface area contributed by atoms with E-state index < -0.39 is 0 Å². The Hall–Kier alpha value is -3.19. The molecule has 0 N–H and O–H groups in total. The van der Waals surface area contributed by atoms with Crippen molar-refractivity contribution in [2.75, 3.05) is 0 Å². The van der Waals surface area contributed by atoms with E-state index in [0.29, 0.717) is 5.56 Å². The van der Waals surface area contributed by atoms with Crippen LogP contribution in [-0.4, -0.2) is 14.8 Å². The third-order valence-corrected chi connectivity index (χ3v) is 3.76. The maximum Gasteiger partial charge on any atom is 0.163 e. The fourth-order valence-corrected chi connectivity index (χ4v) is 2.66. The van der Waals surface area contributed by atoms with Crippen LogP contribution in [0.5, 0.6) is 0 Å². The van der Waals surface area contributed by atoms with E-state index in [-0.39, 0.29) is 0 Å². The second-order valence-electron chi connectivity index (χ2n) is 5.21. The second-order valence-corrected chi connectivity index (χ2v) is 5.21. The van der Waals surface area contributed by atoms with Gasteiger partial charge in [-0.1, -0.05) is 18.2 Å². The number of pyridine rings is 1. The molecule has 0 unspecified atom stereocenters. The third-order valence-electron chi connectivity index (χ3n) is 3.76. The summed E-state index contributed by atoms with van der Waals surface area (Å²) < 4.78 is 1.86. The second kappa shape index (κ2) is 4.68. The topological polar surface area (TPSA) is 54.5 Å². The minimum Gasteiger partial charge on any atom is -0.228 e. The molecule has 0 spiro atoms. The maximum absolute atomic E-state index is 9.03. The number of para-hydroxylation sites is 1. The maximum atomic E-state index is 9.03. The molecular formula is C18H12N4. The van der Waals surface area contributed by atoms with E-state index in [2.05, 4.69) is 17.2 Å². The van der Waals surface area contributed by atoms with Crippen molar-refractivity contribution in [2.45, 2.75) is 6.92 Å². The van der Waals surface area contributed by atoms with Crippen LogP contribution >= 0.6 is 0 Å². The number of rotatable bonds is 1. The van der Waals surface area contributed by atoms with Gasteiger partial charge in [0.1, 0.15) is 0 Å². The zero-order valence-corrected chi connectivity index (χ0v) is 12.0. The van der Waals surface area contributed by atoms with E-state index in [4.69, 9.17) is 10.2 Å². The molecule has 0 bridgehead atoms. The molecule has 4 heteroatoms. The molecule has 4 nitrogen and oxygen atoms in total. The highest BCUT2D eigenvalue weighted by molar-refractivity contribution is 5.93. The summed E-state index contributed by atoms with van der Waals surface area (Å²) in [5.41, 5.74) is 4.25. The summed E-state index contributed by atoms with van der Waals surface area (Å²) in [6.07, 6.45) is 0. The van der Waals surface area contributed by atoms with Gasteiger partial charge in [0.2, 0.25) is 0 Å². The molecule has 2 aromatic carbocycles. The number of aryl methyl sites for hydroxylation is 1. The largest absolute Gasteiger partial charge is 0.228 e. The van der Waals surface area contributed by atoms with Crippen LogP contribution in [0, 0.1) is 18.3 Å². The van der Waals surface area contributed by atoms with Crippen LogP contribution in [0.4, 0.5) is 0 Å². The lowest BCUT2D eigenvalue weighted by Crippen LogP contribution is -1.97. The lowest BCUT2D eigenvalue weighted by Gasteiger charge is -2.03. The zero-order chi connectivity index (χ0) is 15.1. The molecule has 0 aliphatic heterocycles. The first-order valence-electron chi connectivity index (χ1n) is 7.02. The first-order chi connectivity index (χ1) is 10.8. The summed E-state index contributed by atoms with van der Waals surface area (Å²) in [6.45, 7) is 1.98. The van der Waals surface area contributed by atoms with Gasteiger partial charge in [0.05, 0.1) is 28.5 Å². The normalized spacial score (nSPS) is 10.9. The van der Waals surface area contributed by atoms with Crippen molar-refractivity contribution in [3.05, 3.63) is 65.9 Å².